The summed E-state index contributed by atoms with van der Waals surface area (Å²) in [5, 5.41) is 3.01. The van der Waals surface area contributed by atoms with Crippen molar-refractivity contribution in [2.75, 3.05) is 6.61 Å². The summed E-state index contributed by atoms with van der Waals surface area (Å²) in [5.74, 6) is -1.07. The number of ether oxygens (including phenoxy) is 1. The van der Waals surface area contributed by atoms with Gasteiger partial charge in [-0.3, -0.25) is 0 Å². The van der Waals surface area contributed by atoms with Crippen molar-refractivity contribution >= 4 is 5.69 Å². The summed E-state index contributed by atoms with van der Waals surface area (Å²) in [6.07, 6.45) is 0. The van der Waals surface area contributed by atoms with Crippen LogP contribution in [0.5, 0.6) is 0 Å². The van der Waals surface area contributed by atoms with Crippen molar-refractivity contribution < 1.29 is 14.5 Å². The zero-order valence-electron chi connectivity index (χ0n) is 13.0. The lowest BCUT2D eigenvalue weighted by molar-refractivity contribution is -0.618. The molecule has 0 saturated carbocycles. The zero-order valence-corrected chi connectivity index (χ0v) is 13.0. The van der Waals surface area contributed by atoms with E-state index in [4.69, 9.17) is 14.5 Å². The summed E-state index contributed by atoms with van der Waals surface area (Å²) in [4.78, 5) is 22.2. The van der Waals surface area contributed by atoms with Crippen LogP contribution < -0.4 is 0 Å². The fourth-order valence-corrected chi connectivity index (χ4v) is 3.67. The SMILES string of the molecule is CC1(C)COC2(c3cccc(N=O)c3)OOC12c1ccccc1. The second-order valence-corrected chi connectivity index (χ2v) is 6.64. The van der Waals surface area contributed by atoms with Crippen LogP contribution in [-0.2, 0) is 25.9 Å². The molecule has 0 spiro atoms. The Morgan fingerprint density at radius 2 is 1.70 bits per heavy atom. The highest BCUT2D eigenvalue weighted by atomic mass is 17.3. The van der Waals surface area contributed by atoms with Gasteiger partial charge in [-0.05, 0) is 22.9 Å². The average molecular weight is 311 g/mol. The smallest absolute Gasteiger partial charge is 0.265 e. The zero-order chi connectivity index (χ0) is 16.1. The lowest BCUT2D eigenvalue weighted by Gasteiger charge is -2.55. The van der Waals surface area contributed by atoms with Gasteiger partial charge in [0, 0.05) is 11.0 Å². The molecule has 2 heterocycles. The van der Waals surface area contributed by atoms with E-state index in [1.165, 1.54) is 0 Å². The minimum Gasteiger partial charge on any atom is -0.341 e. The molecule has 23 heavy (non-hydrogen) atoms. The molecule has 0 aromatic heterocycles. The molecule has 0 amide bonds. The van der Waals surface area contributed by atoms with E-state index in [0.29, 0.717) is 12.3 Å². The Bertz CT molecular complexity index is 761. The van der Waals surface area contributed by atoms with Gasteiger partial charge in [0.05, 0.1) is 6.61 Å². The van der Waals surface area contributed by atoms with Crippen LogP contribution in [0.1, 0.15) is 25.0 Å². The molecule has 2 aliphatic heterocycles. The van der Waals surface area contributed by atoms with Crippen LogP contribution in [0.15, 0.2) is 59.8 Å². The topological polar surface area (TPSA) is 57.1 Å². The maximum Gasteiger partial charge on any atom is 0.265 e. The van der Waals surface area contributed by atoms with Gasteiger partial charge in [-0.15, -0.1) is 4.91 Å². The summed E-state index contributed by atoms with van der Waals surface area (Å²) in [6.45, 7) is 4.65. The second-order valence-electron chi connectivity index (χ2n) is 6.64. The lowest BCUT2D eigenvalue weighted by Crippen LogP contribution is -2.64. The predicted octanol–water partition coefficient (Wildman–Crippen LogP) is 4.15. The second kappa shape index (κ2) is 4.71. The average Bonchev–Trinajstić information content (AvgIpc) is 2.71. The van der Waals surface area contributed by atoms with Crippen molar-refractivity contribution in [3.05, 3.63) is 70.6 Å². The minimum absolute atomic E-state index is 0.308. The molecule has 4 rings (SSSR count). The van der Waals surface area contributed by atoms with E-state index in [2.05, 4.69) is 19.0 Å². The van der Waals surface area contributed by atoms with Gasteiger partial charge in [-0.1, -0.05) is 56.3 Å². The van der Waals surface area contributed by atoms with E-state index in [1.807, 2.05) is 36.4 Å². The molecular formula is C18H17NO4. The van der Waals surface area contributed by atoms with Gasteiger partial charge < -0.3 is 4.74 Å². The molecule has 5 nitrogen and oxygen atoms in total. The van der Waals surface area contributed by atoms with Crippen LogP contribution in [0.4, 0.5) is 5.69 Å². The van der Waals surface area contributed by atoms with Crippen LogP contribution in [0, 0.1) is 10.3 Å². The Balaban J connectivity index is 1.92. The fourth-order valence-electron chi connectivity index (χ4n) is 3.67. The van der Waals surface area contributed by atoms with Gasteiger partial charge in [0.1, 0.15) is 5.69 Å². The van der Waals surface area contributed by atoms with E-state index in [0.717, 1.165) is 11.1 Å². The first-order chi connectivity index (χ1) is 11.1. The standard InChI is InChI=1S/C18H17NO4/c1-16(2)12-21-18(14-9-6-10-15(11-14)19-20)17(16,22-23-18)13-7-4-3-5-8-13/h3-11H,12H2,1-2H3. The Labute approximate surface area is 134 Å². The van der Waals surface area contributed by atoms with E-state index in [-0.39, 0.29) is 5.41 Å². The molecular weight excluding hydrogens is 294 g/mol. The van der Waals surface area contributed by atoms with Crippen molar-refractivity contribution in [2.24, 2.45) is 10.6 Å². The first kappa shape index (κ1) is 14.5. The van der Waals surface area contributed by atoms with Crippen LogP contribution in [0.3, 0.4) is 0 Å². The number of hydrogen-bond donors (Lipinski definition) is 0. The lowest BCUT2D eigenvalue weighted by atomic mass is 9.66. The molecule has 5 heteroatoms. The molecule has 0 aliphatic carbocycles. The first-order valence-electron chi connectivity index (χ1n) is 7.56. The summed E-state index contributed by atoms with van der Waals surface area (Å²) >= 11 is 0. The van der Waals surface area contributed by atoms with Gasteiger partial charge >= 0.3 is 0 Å². The van der Waals surface area contributed by atoms with E-state index in [1.54, 1.807) is 18.2 Å². The van der Waals surface area contributed by atoms with Crippen molar-refractivity contribution in [1.29, 1.82) is 0 Å². The number of fused-ring (bicyclic) bond motifs is 1. The third-order valence-electron chi connectivity index (χ3n) is 4.85. The number of hydrogen-bond acceptors (Lipinski definition) is 5. The number of rotatable bonds is 3. The van der Waals surface area contributed by atoms with Crippen molar-refractivity contribution in [3.8, 4) is 0 Å². The molecule has 2 aliphatic rings. The normalized spacial score (nSPS) is 31.2. The highest BCUT2D eigenvalue weighted by Gasteiger charge is 2.78. The van der Waals surface area contributed by atoms with Crippen LogP contribution >= 0.6 is 0 Å². The summed E-state index contributed by atoms with van der Waals surface area (Å²) in [7, 11) is 0. The van der Waals surface area contributed by atoms with Crippen LogP contribution in [-0.4, -0.2) is 6.61 Å². The van der Waals surface area contributed by atoms with Gasteiger partial charge in [0.15, 0.2) is 5.60 Å². The highest BCUT2D eigenvalue weighted by molar-refractivity contribution is 5.45. The fraction of sp³-hybridized carbons (Fsp3) is 0.333. The Morgan fingerprint density at radius 3 is 2.35 bits per heavy atom. The van der Waals surface area contributed by atoms with Gasteiger partial charge in [-0.2, -0.15) is 4.89 Å². The molecule has 2 aromatic carbocycles. The van der Waals surface area contributed by atoms with E-state index in [9.17, 15) is 4.91 Å². The number of benzene rings is 2. The summed E-state index contributed by atoms with van der Waals surface area (Å²) in [5.41, 5.74) is 0.969. The summed E-state index contributed by atoms with van der Waals surface area (Å²) in [6, 6.07) is 16.9. The minimum atomic E-state index is -1.07. The molecule has 0 radical (unpaired) electrons. The molecule has 0 bridgehead atoms. The van der Waals surface area contributed by atoms with E-state index < -0.39 is 11.4 Å². The van der Waals surface area contributed by atoms with Gasteiger partial charge in [-0.25, -0.2) is 4.89 Å². The molecule has 2 fully saturated rings. The third kappa shape index (κ3) is 1.67. The first-order valence-corrected chi connectivity index (χ1v) is 7.56. The van der Waals surface area contributed by atoms with Crippen molar-refractivity contribution in [3.63, 3.8) is 0 Å². The number of nitroso groups, excluding NO2 is 1. The molecule has 2 aromatic rings. The van der Waals surface area contributed by atoms with E-state index >= 15 is 0 Å². The van der Waals surface area contributed by atoms with Crippen LogP contribution in [0.25, 0.3) is 0 Å². The quantitative estimate of drug-likeness (QED) is 0.631. The van der Waals surface area contributed by atoms with Crippen LogP contribution in [0.2, 0.25) is 0 Å². The molecule has 118 valence electrons. The van der Waals surface area contributed by atoms with Gasteiger partial charge in [0.2, 0.25) is 0 Å². The highest BCUT2D eigenvalue weighted by Crippen LogP contribution is 2.68. The van der Waals surface area contributed by atoms with Crippen molar-refractivity contribution in [1.82, 2.24) is 0 Å². The molecule has 2 saturated heterocycles. The maximum atomic E-state index is 10.9. The van der Waals surface area contributed by atoms with Crippen molar-refractivity contribution in [2.45, 2.75) is 25.2 Å². The Hall–Kier alpha value is -2.08. The largest absolute Gasteiger partial charge is 0.341 e. The Morgan fingerprint density at radius 1 is 0.957 bits per heavy atom. The molecule has 2 unspecified atom stereocenters. The maximum absolute atomic E-state index is 10.9. The predicted molar refractivity (Wildman–Crippen MR) is 83.6 cm³/mol. The molecule has 0 N–H and O–H groups in total. The Kier molecular flexibility index (Phi) is 2.97. The van der Waals surface area contributed by atoms with Gasteiger partial charge in [0.25, 0.3) is 5.79 Å². The monoisotopic (exact) mass is 311 g/mol. The summed E-state index contributed by atoms with van der Waals surface area (Å²) < 4.78 is 6.11. The number of nitrogens with zero attached hydrogens (tertiary/aromatic N) is 1. The third-order valence-corrected chi connectivity index (χ3v) is 4.85. The molecule has 2 atom stereocenters.